The number of aryl methyl sites for hydroxylation is 1. The average Bonchev–Trinajstić information content (AvgIpc) is 3.11. The van der Waals surface area contributed by atoms with Crippen molar-refractivity contribution in [2.45, 2.75) is 11.8 Å². The molecule has 0 amide bonds. The van der Waals surface area contributed by atoms with Crippen molar-refractivity contribution in [3.05, 3.63) is 48.2 Å². The summed E-state index contributed by atoms with van der Waals surface area (Å²) in [6.45, 7) is 1.91. The Hall–Kier alpha value is -2.75. The van der Waals surface area contributed by atoms with Gasteiger partial charge in [-0.3, -0.25) is 0 Å². The maximum atomic E-state index is 12.2. The van der Waals surface area contributed by atoms with Crippen LogP contribution in [-0.2, 0) is 10.0 Å². The van der Waals surface area contributed by atoms with E-state index in [0.717, 1.165) is 16.5 Å². The molecule has 8 nitrogen and oxygen atoms in total. The zero-order valence-corrected chi connectivity index (χ0v) is 17.0. The predicted octanol–water partition coefficient (Wildman–Crippen LogP) is 2.59. The first kappa shape index (κ1) is 20.0. The molecule has 10 heteroatoms. The summed E-state index contributed by atoms with van der Waals surface area (Å²) >= 11 is 0. The maximum absolute atomic E-state index is 12.2. The van der Waals surface area contributed by atoms with Gasteiger partial charge in [-0.25, -0.2) is 13.1 Å². The Balaban J connectivity index is 0.00000225. The Morgan fingerprint density at radius 2 is 1.79 bits per heavy atom. The Morgan fingerprint density at radius 3 is 2.46 bits per heavy atom. The third kappa shape index (κ3) is 3.07. The van der Waals surface area contributed by atoms with Gasteiger partial charge in [0.25, 0.3) is 0 Å². The first-order valence-corrected chi connectivity index (χ1v) is 9.67. The van der Waals surface area contributed by atoms with Gasteiger partial charge >= 0.3 is 0 Å². The van der Waals surface area contributed by atoms with E-state index in [9.17, 15) is 8.42 Å². The van der Waals surface area contributed by atoms with E-state index >= 15 is 0 Å². The highest BCUT2D eigenvalue weighted by atomic mass is 35.5. The summed E-state index contributed by atoms with van der Waals surface area (Å²) in [6.07, 6.45) is 0. The van der Waals surface area contributed by atoms with Gasteiger partial charge in [-0.15, -0.1) is 22.6 Å². The van der Waals surface area contributed by atoms with Crippen LogP contribution in [0, 0.1) is 6.92 Å². The van der Waals surface area contributed by atoms with Crippen LogP contribution in [0.25, 0.3) is 27.8 Å². The number of rotatable bonds is 4. The molecule has 0 atom stereocenters. The van der Waals surface area contributed by atoms with E-state index in [1.807, 2.05) is 31.2 Å². The molecule has 2 aromatic heterocycles. The standard InChI is InChI=1S/C18H17N5O3S.ClH/c1-11-13-6-4-5-7-14(13)17-20-21-18(23(17)22-11)15-10-12(27(24,25)19-2)8-9-16(15)26-3;/h4-10,19H,1-3H3;1H. The number of halogens is 1. The summed E-state index contributed by atoms with van der Waals surface area (Å²) in [5, 5.41) is 15.1. The summed E-state index contributed by atoms with van der Waals surface area (Å²) in [5.41, 5.74) is 1.90. The molecule has 0 bridgehead atoms. The number of sulfonamides is 1. The van der Waals surface area contributed by atoms with E-state index < -0.39 is 10.0 Å². The first-order chi connectivity index (χ1) is 13.0. The van der Waals surface area contributed by atoms with Gasteiger partial charge < -0.3 is 4.74 Å². The van der Waals surface area contributed by atoms with Crippen LogP contribution in [0.5, 0.6) is 5.75 Å². The second-order valence-electron chi connectivity index (χ2n) is 5.96. The monoisotopic (exact) mass is 419 g/mol. The summed E-state index contributed by atoms with van der Waals surface area (Å²) in [4.78, 5) is 0.107. The lowest BCUT2D eigenvalue weighted by Crippen LogP contribution is -2.18. The maximum Gasteiger partial charge on any atom is 0.240 e. The number of nitrogens with one attached hydrogen (secondary N) is 1. The fourth-order valence-electron chi connectivity index (χ4n) is 3.05. The Morgan fingerprint density at radius 1 is 1.07 bits per heavy atom. The van der Waals surface area contributed by atoms with Gasteiger partial charge in [-0.1, -0.05) is 24.3 Å². The van der Waals surface area contributed by atoms with Crippen LogP contribution >= 0.6 is 12.4 Å². The largest absolute Gasteiger partial charge is 0.496 e. The molecule has 28 heavy (non-hydrogen) atoms. The molecule has 0 radical (unpaired) electrons. The SMILES string of the molecule is CNS(=O)(=O)c1ccc(OC)c(-c2nnc3c4ccccc4c(C)nn23)c1.Cl. The third-order valence-corrected chi connectivity index (χ3v) is 5.85. The molecule has 0 unspecified atom stereocenters. The van der Waals surface area contributed by atoms with Gasteiger partial charge in [0.05, 0.1) is 23.3 Å². The Kier molecular flexibility index (Phi) is 5.24. The molecule has 0 saturated carbocycles. The molecule has 0 aliphatic rings. The van der Waals surface area contributed by atoms with Crippen molar-refractivity contribution in [2.24, 2.45) is 0 Å². The third-order valence-electron chi connectivity index (χ3n) is 4.44. The summed E-state index contributed by atoms with van der Waals surface area (Å²) in [7, 11) is -0.736. The number of hydrogen-bond acceptors (Lipinski definition) is 6. The van der Waals surface area contributed by atoms with Crippen molar-refractivity contribution in [1.29, 1.82) is 0 Å². The van der Waals surface area contributed by atoms with Gasteiger partial charge in [0.1, 0.15) is 5.75 Å². The van der Waals surface area contributed by atoms with Gasteiger partial charge in [-0.2, -0.15) is 9.61 Å². The van der Waals surface area contributed by atoms with Crippen molar-refractivity contribution < 1.29 is 13.2 Å². The lowest BCUT2D eigenvalue weighted by Gasteiger charge is -2.10. The molecule has 0 spiro atoms. The minimum atomic E-state index is -3.62. The lowest BCUT2D eigenvalue weighted by atomic mass is 10.1. The second-order valence-corrected chi connectivity index (χ2v) is 7.85. The molecule has 1 N–H and O–H groups in total. The predicted molar refractivity (Wildman–Crippen MR) is 109 cm³/mol. The minimum Gasteiger partial charge on any atom is -0.496 e. The highest BCUT2D eigenvalue weighted by molar-refractivity contribution is 7.89. The van der Waals surface area contributed by atoms with E-state index in [2.05, 4.69) is 20.0 Å². The van der Waals surface area contributed by atoms with E-state index in [-0.39, 0.29) is 17.3 Å². The van der Waals surface area contributed by atoms with Crippen LogP contribution in [0.15, 0.2) is 47.4 Å². The van der Waals surface area contributed by atoms with E-state index in [1.54, 1.807) is 10.6 Å². The van der Waals surface area contributed by atoms with Crippen molar-refractivity contribution in [3.8, 4) is 17.1 Å². The average molecular weight is 420 g/mol. The molecule has 4 aromatic rings. The first-order valence-electron chi connectivity index (χ1n) is 8.19. The molecule has 2 heterocycles. The molecule has 0 saturated heterocycles. The number of hydrogen-bond donors (Lipinski definition) is 1. The van der Waals surface area contributed by atoms with Gasteiger partial charge in [-0.05, 0) is 32.2 Å². The normalized spacial score (nSPS) is 11.5. The smallest absolute Gasteiger partial charge is 0.240 e. The summed E-state index contributed by atoms with van der Waals surface area (Å²) in [5.74, 6) is 0.885. The number of aromatic nitrogens is 4. The van der Waals surface area contributed by atoms with Gasteiger partial charge in [0, 0.05) is 10.8 Å². The Bertz CT molecular complexity index is 1290. The van der Waals surface area contributed by atoms with Crippen molar-refractivity contribution in [2.75, 3.05) is 14.2 Å². The van der Waals surface area contributed by atoms with Crippen LogP contribution in [-0.4, -0.2) is 42.4 Å². The van der Waals surface area contributed by atoms with Gasteiger partial charge in [0.2, 0.25) is 10.0 Å². The number of methoxy groups -OCH3 is 1. The zero-order chi connectivity index (χ0) is 19.2. The topological polar surface area (TPSA) is 98.5 Å². The number of ether oxygens (including phenoxy) is 1. The highest BCUT2D eigenvalue weighted by Gasteiger charge is 2.20. The summed E-state index contributed by atoms with van der Waals surface area (Å²) < 4.78 is 33.7. The van der Waals surface area contributed by atoms with Crippen LogP contribution in [0.2, 0.25) is 0 Å². The number of nitrogens with zero attached hydrogens (tertiary/aromatic N) is 4. The molecule has 4 rings (SSSR count). The molecule has 146 valence electrons. The van der Waals surface area contributed by atoms with Gasteiger partial charge in [0.15, 0.2) is 11.5 Å². The fraction of sp³-hybridized carbons (Fsp3) is 0.167. The highest BCUT2D eigenvalue weighted by Crippen LogP contribution is 2.32. The molecular weight excluding hydrogens is 402 g/mol. The molecular formula is C18H18ClN5O3S. The molecule has 0 fully saturated rings. The van der Waals surface area contributed by atoms with Crippen molar-refractivity contribution in [1.82, 2.24) is 24.5 Å². The molecule has 0 aliphatic heterocycles. The van der Waals surface area contributed by atoms with E-state index in [1.165, 1.54) is 26.3 Å². The van der Waals surface area contributed by atoms with Crippen LogP contribution in [0.4, 0.5) is 0 Å². The molecule has 2 aromatic carbocycles. The fourth-order valence-corrected chi connectivity index (χ4v) is 3.81. The van der Waals surface area contributed by atoms with Crippen LogP contribution < -0.4 is 9.46 Å². The van der Waals surface area contributed by atoms with E-state index in [4.69, 9.17) is 4.74 Å². The number of benzene rings is 2. The van der Waals surface area contributed by atoms with Crippen molar-refractivity contribution >= 4 is 38.8 Å². The van der Waals surface area contributed by atoms with Crippen molar-refractivity contribution in [3.63, 3.8) is 0 Å². The minimum absolute atomic E-state index is 0. The lowest BCUT2D eigenvalue weighted by molar-refractivity contribution is 0.415. The zero-order valence-electron chi connectivity index (χ0n) is 15.4. The van der Waals surface area contributed by atoms with Crippen LogP contribution in [0.1, 0.15) is 5.69 Å². The summed E-state index contributed by atoms with van der Waals surface area (Å²) in [6, 6.07) is 12.4. The van der Waals surface area contributed by atoms with E-state index in [0.29, 0.717) is 22.8 Å². The number of fused-ring (bicyclic) bond motifs is 3. The molecule has 0 aliphatic carbocycles. The van der Waals surface area contributed by atoms with Crippen LogP contribution in [0.3, 0.4) is 0 Å². The second kappa shape index (κ2) is 7.34. The quantitative estimate of drug-likeness (QED) is 0.546. The Labute approximate surface area is 168 Å².